The first-order chi connectivity index (χ1) is 9.55. The zero-order valence-corrected chi connectivity index (χ0v) is 12.3. The number of amides is 1. The molecular weight excluding hydrogens is 256 g/mol. The summed E-state index contributed by atoms with van der Waals surface area (Å²) in [5.74, 6) is 0.848. The fourth-order valence-electron chi connectivity index (χ4n) is 2.14. The van der Waals surface area contributed by atoms with Gasteiger partial charge in [0, 0.05) is 13.0 Å². The van der Waals surface area contributed by atoms with Crippen molar-refractivity contribution < 1.29 is 4.79 Å². The van der Waals surface area contributed by atoms with Crippen LogP contribution >= 0.6 is 0 Å². The molecule has 0 aliphatic heterocycles. The number of rotatable bonds is 5. The molecule has 0 fully saturated rings. The number of carbonyl (C=O) groups excluding carboxylic acids is 1. The molecule has 0 aliphatic rings. The van der Waals surface area contributed by atoms with Crippen LogP contribution in [-0.4, -0.2) is 30.9 Å². The molecule has 2 heterocycles. The maximum absolute atomic E-state index is 12.0. The van der Waals surface area contributed by atoms with Gasteiger partial charge in [0.05, 0.1) is 5.69 Å². The minimum absolute atomic E-state index is 0.00380. The predicted molar refractivity (Wildman–Crippen MR) is 76.0 cm³/mol. The number of H-pyrrole nitrogens is 1. The van der Waals surface area contributed by atoms with Crippen LogP contribution in [0.2, 0.25) is 0 Å². The van der Waals surface area contributed by atoms with E-state index in [0.717, 1.165) is 24.2 Å². The van der Waals surface area contributed by atoms with Gasteiger partial charge in [0.25, 0.3) is 0 Å². The van der Waals surface area contributed by atoms with Crippen molar-refractivity contribution in [1.29, 1.82) is 0 Å². The van der Waals surface area contributed by atoms with E-state index >= 15 is 0 Å². The smallest absolute Gasteiger partial charge is 0.249 e. The number of anilines is 1. The van der Waals surface area contributed by atoms with Crippen molar-refractivity contribution in [2.75, 3.05) is 5.32 Å². The van der Waals surface area contributed by atoms with Gasteiger partial charge in [-0.25, -0.2) is 0 Å². The molecule has 0 aromatic carbocycles. The third kappa shape index (κ3) is 2.87. The highest BCUT2D eigenvalue weighted by Gasteiger charge is 2.17. The molecule has 0 bridgehead atoms. The Bertz CT molecular complexity index is 596. The van der Waals surface area contributed by atoms with Crippen LogP contribution in [0.3, 0.4) is 0 Å². The number of nitrogens with one attached hydrogen (secondary N) is 2. The van der Waals surface area contributed by atoms with Crippen LogP contribution in [-0.2, 0) is 11.8 Å². The second-order valence-corrected chi connectivity index (χ2v) is 4.80. The summed E-state index contributed by atoms with van der Waals surface area (Å²) in [6.07, 6.45) is 1.61. The second kappa shape index (κ2) is 5.85. The van der Waals surface area contributed by atoms with E-state index in [1.54, 1.807) is 4.68 Å². The van der Waals surface area contributed by atoms with Gasteiger partial charge < -0.3 is 0 Å². The zero-order chi connectivity index (χ0) is 14.7. The van der Waals surface area contributed by atoms with Gasteiger partial charge >= 0.3 is 0 Å². The van der Waals surface area contributed by atoms with E-state index in [9.17, 15) is 4.79 Å². The molecule has 2 rings (SSSR count). The Hall–Kier alpha value is -2.18. The Kier molecular flexibility index (Phi) is 4.16. The molecule has 0 spiro atoms. The van der Waals surface area contributed by atoms with Gasteiger partial charge in [-0.05, 0) is 25.8 Å². The molecule has 0 saturated heterocycles. The number of hydrogen-bond donors (Lipinski definition) is 2. The molecule has 0 atom stereocenters. The first kappa shape index (κ1) is 14.2. The first-order valence-electron chi connectivity index (χ1n) is 6.79. The second-order valence-electron chi connectivity index (χ2n) is 4.80. The maximum atomic E-state index is 12.0. The van der Waals surface area contributed by atoms with Gasteiger partial charge in [-0.1, -0.05) is 13.8 Å². The van der Waals surface area contributed by atoms with E-state index in [2.05, 4.69) is 25.6 Å². The topological polar surface area (TPSA) is 88.5 Å². The Labute approximate surface area is 117 Å². The molecule has 0 radical (unpaired) electrons. The van der Waals surface area contributed by atoms with E-state index < -0.39 is 0 Å². The van der Waals surface area contributed by atoms with E-state index in [0.29, 0.717) is 11.8 Å². The van der Waals surface area contributed by atoms with Crippen LogP contribution in [0.1, 0.15) is 32.4 Å². The van der Waals surface area contributed by atoms with Crippen molar-refractivity contribution in [2.24, 2.45) is 13.0 Å². The Morgan fingerprint density at radius 2 is 2.15 bits per heavy atom. The molecule has 2 N–H and O–H groups in total. The molecule has 1 amide bonds. The predicted octanol–water partition coefficient (Wildman–Crippen LogP) is 1.89. The minimum atomic E-state index is -0.0401. The van der Waals surface area contributed by atoms with E-state index in [4.69, 9.17) is 0 Å². The van der Waals surface area contributed by atoms with Crippen molar-refractivity contribution in [3.63, 3.8) is 0 Å². The fourth-order valence-corrected chi connectivity index (χ4v) is 2.14. The number of carbonyl (C=O) groups is 1. The van der Waals surface area contributed by atoms with Gasteiger partial charge in [0.1, 0.15) is 5.69 Å². The van der Waals surface area contributed by atoms with Crippen molar-refractivity contribution in [3.8, 4) is 11.5 Å². The lowest BCUT2D eigenvalue weighted by atomic mass is 10.0. The Morgan fingerprint density at radius 1 is 1.45 bits per heavy atom. The van der Waals surface area contributed by atoms with E-state index in [-0.39, 0.29) is 11.8 Å². The van der Waals surface area contributed by atoms with Crippen molar-refractivity contribution in [1.82, 2.24) is 25.0 Å². The van der Waals surface area contributed by atoms with Crippen molar-refractivity contribution in [2.45, 2.75) is 33.6 Å². The van der Waals surface area contributed by atoms with Gasteiger partial charge in [-0.3, -0.25) is 19.9 Å². The molecule has 0 aliphatic carbocycles. The summed E-state index contributed by atoms with van der Waals surface area (Å²) < 4.78 is 1.72. The average Bonchev–Trinajstić information content (AvgIpc) is 2.97. The van der Waals surface area contributed by atoms with Crippen LogP contribution in [0.15, 0.2) is 6.07 Å². The van der Waals surface area contributed by atoms with Gasteiger partial charge in [0.2, 0.25) is 11.9 Å². The molecule has 20 heavy (non-hydrogen) atoms. The summed E-state index contributed by atoms with van der Waals surface area (Å²) in [5.41, 5.74) is 1.74. The largest absolute Gasteiger partial charge is 0.293 e. The fraction of sp³-hybridized carbons (Fsp3) is 0.538. The number of hydrogen-bond acceptors (Lipinski definition) is 4. The van der Waals surface area contributed by atoms with Crippen LogP contribution in [0.4, 0.5) is 5.95 Å². The van der Waals surface area contributed by atoms with Crippen molar-refractivity contribution in [3.05, 3.63) is 11.8 Å². The molecular formula is C13H20N6O. The van der Waals surface area contributed by atoms with Gasteiger partial charge in [0.15, 0.2) is 5.82 Å². The van der Waals surface area contributed by atoms with Crippen LogP contribution < -0.4 is 5.32 Å². The highest BCUT2D eigenvalue weighted by atomic mass is 16.2. The molecule has 108 valence electrons. The standard InChI is InChI=1S/C13H20N6O/c1-5-9(6-2)12(20)15-13-14-11(16-17-13)10-7-8(3)18-19(10)4/h7,9H,5-6H2,1-4H3,(H2,14,15,16,17,20). The van der Waals surface area contributed by atoms with Crippen molar-refractivity contribution >= 4 is 11.9 Å². The summed E-state index contributed by atoms with van der Waals surface area (Å²) >= 11 is 0. The quantitative estimate of drug-likeness (QED) is 0.872. The lowest BCUT2D eigenvalue weighted by Crippen LogP contribution is -2.22. The Balaban J connectivity index is 2.13. The zero-order valence-electron chi connectivity index (χ0n) is 12.3. The summed E-state index contributed by atoms with van der Waals surface area (Å²) in [6, 6.07) is 1.91. The SMILES string of the molecule is CCC(CC)C(=O)Nc1n[nH]c(-c2cc(C)nn2C)n1. The number of aromatic amines is 1. The molecule has 7 nitrogen and oxygen atoms in total. The Morgan fingerprint density at radius 3 is 2.70 bits per heavy atom. The lowest BCUT2D eigenvalue weighted by molar-refractivity contribution is -0.120. The molecule has 0 saturated carbocycles. The third-order valence-electron chi connectivity index (χ3n) is 3.32. The normalized spacial score (nSPS) is 11.1. The summed E-state index contributed by atoms with van der Waals surface area (Å²) in [4.78, 5) is 16.3. The van der Waals surface area contributed by atoms with Crippen LogP contribution in [0.5, 0.6) is 0 Å². The third-order valence-corrected chi connectivity index (χ3v) is 3.32. The lowest BCUT2D eigenvalue weighted by Gasteiger charge is -2.09. The highest BCUT2D eigenvalue weighted by molar-refractivity contribution is 5.90. The maximum Gasteiger partial charge on any atom is 0.249 e. The monoisotopic (exact) mass is 276 g/mol. The number of aryl methyl sites for hydroxylation is 2. The first-order valence-corrected chi connectivity index (χ1v) is 6.79. The molecule has 0 unspecified atom stereocenters. The highest BCUT2D eigenvalue weighted by Crippen LogP contribution is 2.17. The van der Waals surface area contributed by atoms with E-state index in [1.807, 2.05) is 33.9 Å². The molecule has 2 aromatic rings. The summed E-state index contributed by atoms with van der Waals surface area (Å²) in [7, 11) is 1.84. The van der Waals surface area contributed by atoms with Crippen LogP contribution in [0.25, 0.3) is 11.5 Å². The summed E-state index contributed by atoms with van der Waals surface area (Å²) in [6.45, 7) is 5.90. The molecule has 2 aromatic heterocycles. The number of nitrogens with zero attached hydrogens (tertiary/aromatic N) is 4. The molecule has 7 heteroatoms. The van der Waals surface area contributed by atoms with Gasteiger partial charge in [-0.2, -0.15) is 10.1 Å². The summed E-state index contributed by atoms with van der Waals surface area (Å²) in [5, 5.41) is 13.8. The van der Waals surface area contributed by atoms with Crippen LogP contribution in [0, 0.1) is 12.8 Å². The minimum Gasteiger partial charge on any atom is -0.293 e. The van der Waals surface area contributed by atoms with Gasteiger partial charge in [-0.15, -0.1) is 5.10 Å². The average molecular weight is 276 g/mol. The number of aromatic nitrogens is 5. The van der Waals surface area contributed by atoms with E-state index in [1.165, 1.54) is 0 Å².